The Kier molecular flexibility index (Phi) is 7.86. The highest BCUT2D eigenvalue weighted by Crippen LogP contribution is 2.27. The fourth-order valence-corrected chi connectivity index (χ4v) is 2.91. The van der Waals surface area contributed by atoms with E-state index in [0.29, 0.717) is 22.9 Å². The van der Waals surface area contributed by atoms with Gasteiger partial charge in [0.25, 0.3) is 5.91 Å². The SMILES string of the molecule is C=C(CC(=O)Nc1ccccc1-c1ccccc1)NNC(=O)COc1ccc(OC)cc1. The summed E-state index contributed by atoms with van der Waals surface area (Å²) >= 11 is 0. The summed E-state index contributed by atoms with van der Waals surface area (Å²) in [7, 11) is 1.57. The van der Waals surface area contributed by atoms with Crippen molar-refractivity contribution in [1.82, 2.24) is 10.9 Å². The van der Waals surface area contributed by atoms with Crippen LogP contribution in [0.3, 0.4) is 0 Å². The van der Waals surface area contributed by atoms with E-state index in [9.17, 15) is 9.59 Å². The van der Waals surface area contributed by atoms with Crippen LogP contribution in [-0.2, 0) is 9.59 Å². The molecule has 0 bridgehead atoms. The molecule has 0 aromatic heterocycles. The molecule has 0 spiro atoms. The largest absolute Gasteiger partial charge is 0.497 e. The topological polar surface area (TPSA) is 88.7 Å². The summed E-state index contributed by atoms with van der Waals surface area (Å²) in [4.78, 5) is 24.4. The molecule has 0 saturated carbocycles. The van der Waals surface area contributed by atoms with E-state index in [1.165, 1.54) is 0 Å². The van der Waals surface area contributed by atoms with Crippen LogP contribution in [-0.4, -0.2) is 25.5 Å². The third kappa shape index (κ3) is 6.63. The molecule has 0 atom stereocenters. The highest BCUT2D eigenvalue weighted by Gasteiger charge is 2.10. The summed E-state index contributed by atoms with van der Waals surface area (Å²) < 4.78 is 10.5. The van der Waals surface area contributed by atoms with Crippen LogP contribution in [0.25, 0.3) is 11.1 Å². The molecule has 0 aliphatic rings. The molecule has 2 amide bonds. The Labute approximate surface area is 187 Å². The van der Waals surface area contributed by atoms with E-state index < -0.39 is 5.91 Å². The lowest BCUT2D eigenvalue weighted by molar-refractivity contribution is -0.124. The van der Waals surface area contributed by atoms with Crippen LogP contribution in [0.1, 0.15) is 6.42 Å². The maximum Gasteiger partial charge on any atom is 0.276 e. The van der Waals surface area contributed by atoms with Crippen molar-refractivity contribution in [3.8, 4) is 22.6 Å². The molecule has 0 aliphatic heterocycles. The van der Waals surface area contributed by atoms with Crippen LogP contribution in [0.4, 0.5) is 5.69 Å². The molecular formula is C25H25N3O4. The number of carbonyl (C=O) groups is 2. The average molecular weight is 431 g/mol. The molecular weight excluding hydrogens is 406 g/mol. The molecule has 32 heavy (non-hydrogen) atoms. The van der Waals surface area contributed by atoms with Gasteiger partial charge in [0.15, 0.2) is 6.61 Å². The highest BCUT2D eigenvalue weighted by molar-refractivity contribution is 5.96. The highest BCUT2D eigenvalue weighted by atomic mass is 16.5. The number of amides is 2. The monoisotopic (exact) mass is 431 g/mol. The molecule has 0 unspecified atom stereocenters. The van der Waals surface area contributed by atoms with Gasteiger partial charge in [-0.2, -0.15) is 0 Å². The zero-order valence-electron chi connectivity index (χ0n) is 17.8. The van der Waals surface area contributed by atoms with Crippen LogP contribution < -0.4 is 25.6 Å². The maximum atomic E-state index is 12.5. The number of hydrazine groups is 1. The number of para-hydroxylation sites is 1. The van der Waals surface area contributed by atoms with Gasteiger partial charge in [-0.15, -0.1) is 0 Å². The predicted octanol–water partition coefficient (Wildman–Crippen LogP) is 3.90. The van der Waals surface area contributed by atoms with Gasteiger partial charge in [-0.1, -0.05) is 55.1 Å². The Hall–Kier alpha value is -4.26. The number of carbonyl (C=O) groups excluding carboxylic acids is 2. The minimum Gasteiger partial charge on any atom is -0.497 e. The Morgan fingerprint density at radius 1 is 0.812 bits per heavy atom. The summed E-state index contributed by atoms with van der Waals surface area (Å²) in [5, 5.41) is 2.90. The number of anilines is 1. The fourth-order valence-electron chi connectivity index (χ4n) is 2.91. The second-order valence-corrected chi connectivity index (χ2v) is 6.88. The molecule has 0 radical (unpaired) electrons. The molecule has 7 heteroatoms. The van der Waals surface area contributed by atoms with Crippen molar-refractivity contribution in [3.05, 3.63) is 91.1 Å². The molecule has 164 valence electrons. The number of methoxy groups -OCH3 is 1. The minimum absolute atomic E-state index is 0.0112. The van der Waals surface area contributed by atoms with Crippen LogP contribution >= 0.6 is 0 Å². The van der Waals surface area contributed by atoms with E-state index in [4.69, 9.17) is 9.47 Å². The Morgan fingerprint density at radius 2 is 1.47 bits per heavy atom. The lowest BCUT2D eigenvalue weighted by Gasteiger charge is -2.14. The lowest BCUT2D eigenvalue weighted by atomic mass is 10.0. The van der Waals surface area contributed by atoms with Gasteiger partial charge in [0.1, 0.15) is 11.5 Å². The standard InChI is InChI=1S/C25H25N3O4/c1-18(27-28-25(30)17-32-21-14-12-20(31-2)13-15-21)16-24(29)26-23-11-7-6-10-22(23)19-8-4-3-5-9-19/h3-15,27H,1,16-17H2,2H3,(H,26,29)(H,28,30). The molecule has 3 aromatic rings. The molecule has 0 heterocycles. The minimum atomic E-state index is -0.406. The number of benzene rings is 3. The summed E-state index contributed by atoms with van der Waals surface area (Å²) in [5.74, 6) is 0.576. The van der Waals surface area contributed by atoms with Gasteiger partial charge in [-0.3, -0.25) is 15.0 Å². The van der Waals surface area contributed by atoms with Crippen molar-refractivity contribution in [2.75, 3.05) is 19.0 Å². The molecule has 3 rings (SSSR count). The van der Waals surface area contributed by atoms with Gasteiger partial charge in [0.2, 0.25) is 5.91 Å². The van der Waals surface area contributed by atoms with Crippen molar-refractivity contribution in [2.24, 2.45) is 0 Å². The molecule has 0 fully saturated rings. The van der Waals surface area contributed by atoms with Gasteiger partial charge in [0.05, 0.1) is 13.5 Å². The second kappa shape index (κ2) is 11.2. The third-order valence-electron chi connectivity index (χ3n) is 4.47. The summed E-state index contributed by atoms with van der Waals surface area (Å²) in [6.45, 7) is 3.59. The van der Waals surface area contributed by atoms with Crippen molar-refractivity contribution >= 4 is 17.5 Å². The third-order valence-corrected chi connectivity index (χ3v) is 4.47. The van der Waals surface area contributed by atoms with Gasteiger partial charge in [-0.25, -0.2) is 0 Å². The Balaban J connectivity index is 1.44. The van der Waals surface area contributed by atoms with E-state index >= 15 is 0 Å². The summed E-state index contributed by atoms with van der Waals surface area (Å²) in [6.07, 6.45) is -0.0112. The predicted molar refractivity (Wildman–Crippen MR) is 124 cm³/mol. The fraction of sp³-hybridized carbons (Fsp3) is 0.120. The van der Waals surface area contributed by atoms with E-state index in [0.717, 1.165) is 11.1 Å². The number of hydrogen-bond donors (Lipinski definition) is 3. The number of nitrogens with one attached hydrogen (secondary N) is 3. The van der Waals surface area contributed by atoms with Gasteiger partial charge >= 0.3 is 0 Å². The first-order chi connectivity index (χ1) is 15.5. The number of rotatable bonds is 10. The zero-order chi connectivity index (χ0) is 22.8. The average Bonchev–Trinajstić information content (AvgIpc) is 2.82. The van der Waals surface area contributed by atoms with E-state index in [2.05, 4.69) is 22.7 Å². The lowest BCUT2D eigenvalue weighted by Crippen LogP contribution is -2.40. The molecule has 3 N–H and O–H groups in total. The van der Waals surface area contributed by atoms with Crippen LogP contribution in [0.5, 0.6) is 11.5 Å². The van der Waals surface area contributed by atoms with Gasteiger partial charge < -0.3 is 20.2 Å². The maximum absolute atomic E-state index is 12.5. The van der Waals surface area contributed by atoms with Crippen LogP contribution in [0.2, 0.25) is 0 Å². The molecule has 7 nitrogen and oxygen atoms in total. The first-order valence-electron chi connectivity index (χ1n) is 9.99. The van der Waals surface area contributed by atoms with Crippen molar-refractivity contribution in [2.45, 2.75) is 6.42 Å². The summed E-state index contributed by atoms with van der Waals surface area (Å²) in [6, 6.07) is 24.2. The van der Waals surface area contributed by atoms with E-state index in [1.807, 2.05) is 54.6 Å². The van der Waals surface area contributed by atoms with Crippen molar-refractivity contribution in [1.29, 1.82) is 0 Å². The Morgan fingerprint density at radius 3 is 2.19 bits per heavy atom. The number of hydrogen-bond acceptors (Lipinski definition) is 5. The normalized spacial score (nSPS) is 10.0. The Bertz CT molecular complexity index is 1070. The van der Waals surface area contributed by atoms with Gasteiger partial charge in [-0.05, 0) is 35.9 Å². The van der Waals surface area contributed by atoms with E-state index in [-0.39, 0.29) is 18.9 Å². The molecule has 0 aliphatic carbocycles. The molecule has 0 saturated heterocycles. The first kappa shape index (κ1) is 22.4. The van der Waals surface area contributed by atoms with Gasteiger partial charge in [0, 0.05) is 16.9 Å². The van der Waals surface area contributed by atoms with Crippen molar-refractivity contribution in [3.63, 3.8) is 0 Å². The quantitative estimate of drug-likeness (QED) is 0.424. The number of ether oxygens (including phenoxy) is 2. The first-order valence-corrected chi connectivity index (χ1v) is 9.99. The van der Waals surface area contributed by atoms with Crippen LogP contribution in [0.15, 0.2) is 91.1 Å². The van der Waals surface area contributed by atoms with Crippen molar-refractivity contribution < 1.29 is 19.1 Å². The molecule has 3 aromatic carbocycles. The summed E-state index contributed by atoms with van der Waals surface area (Å²) in [5.41, 5.74) is 8.08. The second-order valence-electron chi connectivity index (χ2n) is 6.88. The zero-order valence-corrected chi connectivity index (χ0v) is 17.8. The van der Waals surface area contributed by atoms with Crippen LogP contribution in [0, 0.1) is 0 Å². The smallest absolute Gasteiger partial charge is 0.276 e. The van der Waals surface area contributed by atoms with E-state index in [1.54, 1.807) is 31.4 Å².